The number of likely N-dealkylation sites (tertiary alicyclic amines) is 1. The fraction of sp³-hybridized carbons (Fsp3) is 0.538. The van der Waals surface area contributed by atoms with Crippen molar-refractivity contribution in [3.05, 3.63) is 22.7 Å². The van der Waals surface area contributed by atoms with Gasteiger partial charge >= 0.3 is 0 Å². The maximum Gasteiger partial charge on any atom is 0.293 e. The lowest BCUT2D eigenvalue weighted by molar-refractivity contribution is 0.0521. The number of rotatable bonds is 1. The summed E-state index contributed by atoms with van der Waals surface area (Å²) in [4.78, 5) is 22.6. The fourth-order valence-corrected chi connectivity index (χ4v) is 2.83. The van der Waals surface area contributed by atoms with E-state index in [0.29, 0.717) is 18.9 Å². The lowest BCUT2D eigenvalue weighted by atomic mass is 9.79. The lowest BCUT2D eigenvalue weighted by Crippen LogP contribution is -2.54. The first-order valence-electron chi connectivity index (χ1n) is 6.79. The van der Waals surface area contributed by atoms with Gasteiger partial charge in [0.1, 0.15) is 0 Å². The third kappa shape index (κ3) is 3.09. The first-order chi connectivity index (χ1) is 9.87. The van der Waals surface area contributed by atoms with Crippen molar-refractivity contribution in [3.8, 4) is 0 Å². The summed E-state index contributed by atoms with van der Waals surface area (Å²) >= 11 is 3.32. The van der Waals surface area contributed by atoms with Gasteiger partial charge in [0.25, 0.3) is 11.7 Å². The molecule has 1 fully saturated rings. The van der Waals surface area contributed by atoms with Crippen molar-refractivity contribution < 1.29 is 4.79 Å². The molecule has 3 rings (SSSR count). The second-order valence-corrected chi connectivity index (χ2v) is 6.98. The molecule has 1 amide bonds. The smallest absolute Gasteiger partial charge is 0.293 e. The molecule has 2 aromatic heterocycles. The number of carbonyl (C=O) groups is 1. The SMILES string of the molecule is CC1(C)CN(C(=O)c2nc3ncc(Br)cn3n2)CCC1N.Cl. The first kappa shape index (κ1) is 17.1. The Balaban J connectivity index is 0.00000176. The highest BCUT2D eigenvalue weighted by atomic mass is 79.9. The second kappa shape index (κ2) is 6.10. The molecule has 1 saturated heterocycles. The molecule has 7 nitrogen and oxygen atoms in total. The van der Waals surface area contributed by atoms with Crippen LogP contribution in [-0.4, -0.2) is 49.5 Å². The number of halogens is 2. The predicted molar refractivity (Wildman–Crippen MR) is 88.0 cm³/mol. The molecule has 3 heterocycles. The highest BCUT2D eigenvalue weighted by Crippen LogP contribution is 2.28. The number of nitrogens with two attached hydrogens (primary N) is 1. The van der Waals surface area contributed by atoms with Crippen LogP contribution in [0.15, 0.2) is 16.9 Å². The van der Waals surface area contributed by atoms with E-state index < -0.39 is 0 Å². The van der Waals surface area contributed by atoms with Gasteiger partial charge in [-0.15, -0.1) is 17.5 Å². The normalized spacial score (nSPS) is 20.7. The van der Waals surface area contributed by atoms with Gasteiger partial charge in [-0.05, 0) is 27.8 Å². The number of nitrogens with zero attached hydrogens (tertiary/aromatic N) is 5. The third-order valence-corrected chi connectivity index (χ3v) is 4.36. The van der Waals surface area contributed by atoms with E-state index in [1.54, 1.807) is 17.3 Å². The maximum atomic E-state index is 12.6. The van der Waals surface area contributed by atoms with Crippen LogP contribution in [-0.2, 0) is 0 Å². The van der Waals surface area contributed by atoms with Gasteiger partial charge in [0.15, 0.2) is 0 Å². The van der Waals surface area contributed by atoms with Crippen LogP contribution in [0.5, 0.6) is 0 Å². The summed E-state index contributed by atoms with van der Waals surface area (Å²) in [5, 5.41) is 4.21. The molecule has 0 spiro atoms. The average molecular weight is 390 g/mol. The van der Waals surface area contributed by atoms with Crippen molar-refractivity contribution in [1.29, 1.82) is 0 Å². The van der Waals surface area contributed by atoms with Crippen LogP contribution in [0.1, 0.15) is 30.9 Å². The topological polar surface area (TPSA) is 89.4 Å². The highest BCUT2D eigenvalue weighted by molar-refractivity contribution is 9.10. The zero-order chi connectivity index (χ0) is 15.2. The summed E-state index contributed by atoms with van der Waals surface area (Å²) < 4.78 is 2.28. The largest absolute Gasteiger partial charge is 0.335 e. The van der Waals surface area contributed by atoms with E-state index >= 15 is 0 Å². The summed E-state index contributed by atoms with van der Waals surface area (Å²) in [5.41, 5.74) is 6.00. The standard InChI is InChI=1S/C13H17BrN6O.ClH/c1-13(2)7-19(4-3-9(13)15)11(21)10-17-12-16-5-8(14)6-20(12)18-10;/h5-6,9H,3-4,7,15H2,1-2H3;1H. The molecule has 0 aromatic carbocycles. The van der Waals surface area contributed by atoms with Crippen LogP contribution in [0.2, 0.25) is 0 Å². The van der Waals surface area contributed by atoms with Gasteiger partial charge in [-0.25, -0.2) is 9.50 Å². The molecule has 1 aliphatic rings. The van der Waals surface area contributed by atoms with Crippen molar-refractivity contribution in [1.82, 2.24) is 24.5 Å². The van der Waals surface area contributed by atoms with Crippen molar-refractivity contribution in [3.63, 3.8) is 0 Å². The molecule has 0 aliphatic carbocycles. The summed E-state index contributed by atoms with van der Waals surface area (Å²) in [7, 11) is 0. The molecule has 2 aromatic rings. The molecular formula is C13H18BrClN6O. The van der Waals surface area contributed by atoms with E-state index in [4.69, 9.17) is 5.73 Å². The minimum absolute atomic E-state index is 0. The number of hydrogen-bond acceptors (Lipinski definition) is 5. The van der Waals surface area contributed by atoms with Gasteiger partial charge in [0.2, 0.25) is 5.82 Å². The average Bonchev–Trinajstić information content (AvgIpc) is 2.83. The van der Waals surface area contributed by atoms with E-state index in [-0.39, 0.29) is 35.6 Å². The molecule has 1 aliphatic heterocycles. The molecule has 120 valence electrons. The predicted octanol–water partition coefficient (Wildman–Crippen LogP) is 1.51. The lowest BCUT2D eigenvalue weighted by Gasteiger charge is -2.42. The van der Waals surface area contributed by atoms with Crippen LogP contribution < -0.4 is 5.73 Å². The summed E-state index contributed by atoms with van der Waals surface area (Å²) in [6.07, 6.45) is 4.14. The highest BCUT2D eigenvalue weighted by Gasteiger charge is 2.36. The number of fused-ring (bicyclic) bond motifs is 1. The van der Waals surface area contributed by atoms with Gasteiger partial charge in [0, 0.05) is 31.5 Å². The minimum atomic E-state index is -0.170. The zero-order valence-electron chi connectivity index (χ0n) is 12.4. The monoisotopic (exact) mass is 388 g/mol. The van der Waals surface area contributed by atoms with E-state index in [0.717, 1.165) is 10.9 Å². The summed E-state index contributed by atoms with van der Waals surface area (Å²) in [5.74, 6) is 0.415. The minimum Gasteiger partial charge on any atom is -0.335 e. The van der Waals surface area contributed by atoms with Crippen molar-refractivity contribution in [2.24, 2.45) is 11.1 Å². The van der Waals surface area contributed by atoms with Crippen molar-refractivity contribution in [2.45, 2.75) is 26.3 Å². The Morgan fingerprint density at radius 3 is 2.91 bits per heavy atom. The number of aromatic nitrogens is 4. The molecule has 9 heteroatoms. The van der Waals surface area contributed by atoms with Crippen molar-refractivity contribution in [2.75, 3.05) is 13.1 Å². The summed E-state index contributed by atoms with van der Waals surface area (Å²) in [6, 6.07) is 0.105. The molecule has 22 heavy (non-hydrogen) atoms. The van der Waals surface area contributed by atoms with Gasteiger partial charge in [0.05, 0.1) is 4.47 Å². The Labute approximate surface area is 142 Å². The molecule has 0 bridgehead atoms. The van der Waals surface area contributed by atoms with E-state index in [1.807, 2.05) is 0 Å². The number of piperidine rings is 1. The van der Waals surface area contributed by atoms with Crippen LogP contribution >= 0.6 is 28.3 Å². The molecular weight excluding hydrogens is 372 g/mol. The van der Waals surface area contributed by atoms with Gasteiger partial charge in [-0.1, -0.05) is 13.8 Å². The Morgan fingerprint density at radius 1 is 1.50 bits per heavy atom. The van der Waals surface area contributed by atoms with Crippen molar-refractivity contribution >= 4 is 40.0 Å². The van der Waals surface area contributed by atoms with Crippen LogP contribution in [0.3, 0.4) is 0 Å². The van der Waals surface area contributed by atoms with Gasteiger partial charge in [-0.3, -0.25) is 4.79 Å². The van der Waals surface area contributed by atoms with E-state index in [1.165, 1.54) is 4.52 Å². The number of carbonyl (C=O) groups excluding carboxylic acids is 1. The fourth-order valence-electron chi connectivity index (χ4n) is 2.54. The first-order valence-corrected chi connectivity index (χ1v) is 7.59. The Kier molecular flexibility index (Phi) is 4.74. The molecule has 0 radical (unpaired) electrons. The maximum absolute atomic E-state index is 12.6. The number of hydrogen-bond donors (Lipinski definition) is 1. The third-order valence-electron chi connectivity index (χ3n) is 3.95. The van der Waals surface area contributed by atoms with Gasteiger partial charge < -0.3 is 10.6 Å². The molecule has 1 unspecified atom stereocenters. The van der Waals surface area contributed by atoms with Crippen LogP contribution in [0.25, 0.3) is 5.78 Å². The van der Waals surface area contributed by atoms with E-state index in [9.17, 15) is 4.79 Å². The molecule has 1 atom stereocenters. The van der Waals surface area contributed by atoms with Gasteiger partial charge in [-0.2, -0.15) is 4.98 Å². The Morgan fingerprint density at radius 2 is 2.23 bits per heavy atom. The summed E-state index contributed by atoms with van der Waals surface area (Å²) in [6.45, 7) is 5.40. The zero-order valence-corrected chi connectivity index (χ0v) is 14.8. The second-order valence-electron chi connectivity index (χ2n) is 6.06. The van der Waals surface area contributed by atoms with Crippen LogP contribution in [0.4, 0.5) is 0 Å². The Bertz CT molecular complexity index is 703. The van der Waals surface area contributed by atoms with Crippen LogP contribution in [0, 0.1) is 5.41 Å². The quantitative estimate of drug-likeness (QED) is 0.798. The molecule has 2 N–H and O–H groups in total. The number of amides is 1. The molecule has 0 saturated carbocycles. The Hall–Kier alpha value is -1.25. The van der Waals surface area contributed by atoms with E-state index in [2.05, 4.69) is 44.8 Å².